The van der Waals surface area contributed by atoms with E-state index in [4.69, 9.17) is 5.11 Å². The van der Waals surface area contributed by atoms with Gasteiger partial charge >= 0.3 is 12.3 Å². The first-order valence-corrected chi connectivity index (χ1v) is 5.69. The summed E-state index contributed by atoms with van der Waals surface area (Å²) in [6, 6.07) is 8.82. The average molecular weight is 298 g/mol. The fraction of sp³-hybridized carbons (Fsp3) is 0.0714. The summed E-state index contributed by atoms with van der Waals surface area (Å²) >= 11 is 0. The highest BCUT2D eigenvalue weighted by Crippen LogP contribution is 2.35. The number of hydrogen-bond acceptors (Lipinski definition) is 3. The topological polar surface area (TPSA) is 66.8 Å². The first-order chi connectivity index (χ1) is 9.78. The lowest BCUT2D eigenvalue weighted by atomic mass is 10.0. The van der Waals surface area contributed by atoms with E-state index in [1.807, 2.05) is 0 Å². The molecule has 110 valence electrons. The van der Waals surface area contributed by atoms with Crippen molar-refractivity contribution in [1.29, 1.82) is 0 Å². The van der Waals surface area contributed by atoms with Gasteiger partial charge in [-0.2, -0.15) is 0 Å². The molecule has 4 nitrogen and oxygen atoms in total. The standard InChI is InChI=1S/C14H9F3O4/c15-14(16,17)21-12-4-2-1-3-9(12)8-5-6-11(18)10(7-8)13(19)20/h1-7,18H,(H,19,20). The average Bonchev–Trinajstić information content (AvgIpc) is 2.38. The number of carboxylic acids is 1. The Bertz CT molecular complexity index is 680. The van der Waals surface area contributed by atoms with Crippen molar-refractivity contribution in [3.8, 4) is 22.6 Å². The molecule has 0 atom stereocenters. The summed E-state index contributed by atoms with van der Waals surface area (Å²) in [4.78, 5) is 10.9. The number of benzene rings is 2. The lowest BCUT2D eigenvalue weighted by Gasteiger charge is -2.13. The highest BCUT2D eigenvalue weighted by molar-refractivity contribution is 5.92. The quantitative estimate of drug-likeness (QED) is 0.907. The molecule has 0 unspecified atom stereocenters. The van der Waals surface area contributed by atoms with Gasteiger partial charge in [-0.25, -0.2) is 4.79 Å². The van der Waals surface area contributed by atoms with Crippen LogP contribution in [0.2, 0.25) is 0 Å². The summed E-state index contributed by atoms with van der Waals surface area (Å²) in [6.07, 6.45) is -4.86. The lowest BCUT2D eigenvalue weighted by molar-refractivity contribution is -0.274. The molecule has 2 rings (SSSR count). The number of para-hydroxylation sites is 1. The smallest absolute Gasteiger partial charge is 0.507 e. The third-order valence-corrected chi connectivity index (χ3v) is 2.65. The lowest BCUT2D eigenvalue weighted by Crippen LogP contribution is -2.17. The van der Waals surface area contributed by atoms with Gasteiger partial charge in [-0.05, 0) is 23.8 Å². The molecule has 0 fully saturated rings. The molecular formula is C14H9F3O4. The van der Waals surface area contributed by atoms with Gasteiger partial charge in [0, 0.05) is 5.56 Å². The maximum absolute atomic E-state index is 12.4. The number of aromatic carboxylic acids is 1. The van der Waals surface area contributed by atoms with E-state index >= 15 is 0 Å². The third-order valence-electron chi connectivity index (χ3n) is 2.65. The molecule has 2 N–H and O–H groups in total. The molecule has 0 radical (unpaired) electrons. The molecule has 0 saturated carbocycles. The second-order valence-electron chi connectivity index (χ2n) is 4.08. The van der Waals surface area contributed by atoms with Crippen molar-refractivity contribution in [1.82, 2.24) is 0 Å². The van der Waals surface area contributed by atoms with Crippen molar-refractivity contribution in [2.75, 3.05) is 0 Å². The van der Waals surface area contributed by atoms with Crippen LogP contribution in [0.1, 0.15) is 10.4 Å². The minimum Gasteiger partial charge on any atom is -0.507 e. The summed E-state index contributed by atoms with van der Waals surface area (Å²) in [5.41, 5.74) is -0.156. The van der Waals surface area contributed by atoms with Gasteiger partial charge in [0.25, 0.3) is 0 Å². The van der Waals surface area contributed by atoms with Crippen molar-refractivity contribution in [3.63, 3.8) is 0 Å². The number of aromatic hydroxyl groups is 1. The Morgan fingerprint density at radius 3 is 2.38 bits per heavy atom. The first-order valence-electron chi connectivity index (χ1n) is 5.69. The number of alkyl halides is 3. The zero-order valence-corrected chi connectivity index (χ0v) is 10.4. The van der Waals surface area contributed by atoms with E-state index in [1.165, 1.54) is 24.3 Å². The molecule has 0 bridgehead atoms. The molecule has 0 aliphatic carbocycles. The van der Waals surface area contributed by atoms with Crippen molar-refractivity contribution in [3.05, 3.63) is 48.0 Å². The van der Waals surface area contributed by atoms with Crippen LogP contribution in [0.15, 0.2) is 42.5 Å². The largest absolute Gasteiger partial charge is 0.573 e. The van der Waals surface area contributed by atoms with Crippen LogP contribution in [0.3, 0.4) is 0 Å². The Morgan fingerprint density at radius 2 is 1.76 bits per heavy atom. The summed E-state index contributed by atoms with van der Waals surface area (Å²) in [6.45, 7) is 0. The molecule has 0 aliphatic rings. The number of hydrogen-bond donors (Lipinski definition) is 2. The summed E-state index contributed by atoms with van der Waals surface area (Å²) in [7, 11) is 0. The second kappa shape index (κ2) is 5.35. The summed E-state index contributed by atoms with van der Waals surface area (Å²) in [5, 5.41) is 18.3. The number of phenols is 1. The maximum Gasteiger partial charge on any atom is 0.573 e. The van der Waals surface area contributed by atoms with Crippen molar-refractivity contribution in [2.24, 2.45) is 0 Å². The normalized spacial score (nSPS) is 11.2. The molecule has 7 heteroatoms. The van der Waals surface area contributed by atoms with E-state index < -0.39 is 29.4 Å². The molecule has 21 heavy (non-hydrogen) atoms. The number of carbonyl (C=O) groups is 1. The van der Waals surface area contributed by atoms with Gasteiger partial charge in [0.2, 0.25) is 0 Å². The van der Waals surface area contributed by atoms with E-state index in [9.17, 15) is 23.1 Å². The zero-order valence-electron chi connectivity index (χ0n) is 10.4. The number of halogens is 3. The van der Waals surface area contributed by atoms with Gasteiger partial charge in [-0.15, -0.1) is 13.2 Å². The van der Waals surface area contributed by atoms with Gasteiger partial charge in [0.1, 0.15) is 17.1 Å². The Morgan fingerprint density at radius 1 is 1.10 bits per heavy atom. The Labute approximate surface area is 117 Å². The molecule has 0 aromatic heterocycles. The first kappa shape index (κ1) is 14.7. The van der Waals surface area contributed by atoms with Gasteiger partial charge in [0.05, 0.1) is 0 Å². The third kappa shape index (κ3) is 3.44. The van der Waals surface area contributed by atoms with Crippen LogP contribution >= 0.6 is 0 Å². The molecule has 0 amide bonds. The molecule has 2 aromatic rings. The van der Waals surface area contributed by atoms with Crippen LogP contribution in [0.4, 0.5) is 13.2 Å². The second-order valence-corrected chi connectivity index (χ2v) is 4.08. The van der Waals surface area contributed by atoms with Gasteiger partial charge in [0.15, 0.2) is 0 Å². The van der Waals surface area contributed by atoms with Gasteiger partial charge in [-0.3, -0.25) is 0 Å². The number of rotatable bonds is 3. The monoisotopic (exact) mass is 298 g/mol. The SMILES string of the molecule is O=C(O)c1cc(-c2ccccc2OC(F)(F)F)ccc1O. The van der Waals surface area contributed by atoms with E-state index in [-0.39, 0.29) is 11.1 Å². The van der Waals surface area contributed by atoms with E-state index in [2.05, 4.69) is 4.74 Å². The maximum atomic E-state index is 12.4. The van der Waals surface area contributed by atoms with Crippen LogP contribution in [-0.2, 0) is 0 Å². The van der Waals surface area contributed by atoms with Gasteiger partial charge < -0.3 is 14.9 Å². The highest BCUT2D eigenvalue weighted by Gasteiger charge is 2.32. The summed E-state index contributed by atoms with van der Waals surface area (Å²) < 4.78 is 41.0. The minimum absolute atomic E-state index is 0.0670. The van der Waals surface area contributed by atoms with Crippen LogP contribution in [0.25, 0.3) is 11.1 Å². The zero-order chi connectivity index (χ0) is 15.6. The number of ether oxygens (including phenoxy) is 1. The predicted molar refractivity (Wildman–Crippen MR) is 67.2 cm³/mol. The molecule has 0 spiro atoms. The fourth-order valence-electron chi connectivity index (χ4n) is 1.79. The fourth-order valence-corrected chi connectivity index (χ4v) is 1.79. The Balaban J connectivity index is 2.52. The Kier molecular flexibility index (Phi) is 3.75. The van der Waals surface area contributed by atoms with Crippen LogP contribution in [0, 0.1) is 0 Å². The molecule has 0 heterocycles. The number of carboxylic acid groups (broad SMARTS) is 1. The minimum atomic E-state index is -4.86. The van der Waals surface area contributed by atoms with Gasteiger partial charge in [-0.1, -0.05) is 24.3 Å². The van der Waals surface area contributed by atoms with E-state index in [0.717, 1.165) is 18.2 Å². The Hall–Kier alpha value is -2.70. The van der Waals surface area contributed by atoms with Crippen LogP contribution in [0.5, 0.6) is 11.5 Å². The van der Waals surface area contributed by atoms with Crippen LogP contribution in [-0.4, -0.2) is 22.5 Å². The van der Waals surface area contributed by atoms with Crippen LogP contribution < -0.4 is 4.74 Å². The predicted octanol–water partition coefficient (Wildman–Crippen LogP) is 3.66. The summed E-state index contributed by atoms with van der Waals surface area (Å²) in [5.74, 6) is -2.31. The molecular weight excluding hydrogens is 289 g/mol. The van der Waals surface area contributed by atoms with Crippen molar-refractivity contribution >= 4 is 5.97 Å². The molecule has 0 saturated heterocycles. The van der Waals surface area contributed by atoms with Crippen molar-refractivity contribution < 1.29 is 32.9 Å². The van der Waals surface area contributed by atoms with E-state index in [1.54, 1.807) is 0 Å². The highest BCUT2D eigenvalue weighted by atomic mass is 19.4. The van der Waals surface area contributed by atoms with Crippen molar-refractivity contribution in [2.45, 2.75) is 6.36 Å². The van der Waals surface area contributed by atoms with E-state index in [0.29, 0.717) is 0 Å². The molecule has 0 aliphatic heterocycles. The molecule has 2 aromatic carbocycles.